The lowest BCUT2D eigenvalue weighted by atomic mass is 10.1. The lowest BCUT2D eigenvalue weighted by Gasteiger charge is -2.15. The SMILES string of the molecule is NC1COC[C@H]1NC(=O)c1cnc2c(-c3cccc(OC(F)F)c3)cn(-c3ncc(F)cn3)c2c1. The van der Waals surface area contributed by atoms with Gasteiger partial charge in [0.1, 0.15) is 5.75 Å². The van der Waals surface area contributed by atoms with Crippen LogP contribution in [0, 0.1) is 5.82 Å². The van der Waals surface area contributed by atoms with Gasteiger partial charge >= 0.3 is 6.61 Å². The number of carbonyl (C=O) groups excluding carboxylic acids is 1. The number of hydrogen-bond donors (Lipinski definition) is 2. The van der Waals surface area contributed by atoms with Crippen molar-refractivity contribution in [2.75, 3.05) is 13.2 Å². The maximum absolute atomic E-state index is 13.4. The van der Waals surface area contributed by atoms with Gasteiger partial charge < -0.3 is 20.5 Å². The normalized spacial score (nSPS) is 17.7. The van der Waals surface area contributed by atoms with Crippen molar-refractivity contribution in [2.24, 2.45) is 5.73 Å². The van der Waals surface area contributed by atoms with Gasteiger partial charge in [-0.15, -0.1) is 0 Å². The largest absolute Gasteiger partial charge is 0.435 e. The molecule has 180 valence electrons. The van der Waals surface area contributed by atoms with Crippen LogP contribution in [-0.4, -0.2) is 57.3 Å². The first-order valence-corrected chi connectivity index (χ1v) is 10.6. The molecule has 1 unspecified atom stereocenters. The van der Waals surface area contributed by atoms with Gasteiger partial charge in [0.05, 0.1) is 54.3 Å². The number of aromatic nitrogens is 4. The van der Waals surface area contributed by atoms with Crippen molar-refractivity contribution in [3.8, 4) is 22.8 Å². The van der Waals surface area contributed by atoms with Crippen LogP contribution in [0.2, 0.25) is 0 Å². The standard InChI is InChI=1S/C23H19F3N6O3/c24-14-7-29-23(30-8-14)32-9-16(12-2-1-3-15(4-12)35-22(25)26)20-19(32)5-13(6-28-20)21(33)31-18-11-34-10-17(18)27/h1-9,17-18,22H,10-11,27H2,(H,31,33)/t17?,18-/m1/s1. The zero-order valence-corrected chi connectivity index (χ0v) is 18.1. The van der Waals surface area contributed by atoms with Gasteiger partial charge in [0.25, 0.3) is 5.91 Å². The average molecular weight is 484 g/mol. The van der Waals surface area contributed by atoms with Gasteiger partial charge in [0.15, 0.2) is 5.82 Å². The van der Waals surface area contributed by atoms with Crippen molar-refractivity contribution in [3.05, 3.63) is 66.5 Å². The van der Waals surface area contributed by atoms with Crippen LogP contribution in [0.4, 0.5) is 13.2 Å². The van der Waals surface area contributed by atoms with Gasteiger partial charge in [0.2, 0.25) is 5.95 Å². The van der Waals surface area contributed by atoms with Crippen molar-refractivity contribution < 1.29 is 27.4 Å². The van der Waals surface area contributed by atoms with E-state index in [4.69, 9.17) is 10.5 Å². The highest BCUT2D eigenvalue weighted by Gasteiger charge is 2.27. The molecule has 0 bridgehead atoms. The molecular formula is C23H19F3N6O3. The summed E-state index contributed by atoms with van der Waals surface area (Å²) >= 11 is 0. The highest BCUT2D eigenvalue weighted by Crippen LogP contribution is 2.33. The molecule has 35 heavy (non-hydrogen) atoms. The van der Waals surface area contributed by atoms with E-state index < -0.39 is 18.3 Å². The Morgan fingerprint density at radius 3 is 2.69 bits per heavy atom. The molecule has 1 aromatic carbocycles. The van der Waals surface area contributed by atoms with E-state index in [2.05, 4.69) is 25.0 Å². The predicted molar refractivity (Wildman–Crippen MR) is 119 cm³/mol. The van der Waals surface area contributed by atoms with E-state index in [1.807, 2.05) is 0 Å². The summed E-state index contributed by atoms with van der Waals surface area (Å²) in [6.07, 6.45) is 5.06. The first kappa shape index (κ1) is 22.7. The van der Waals surface area contributed by atoms with Gasteiger partial charge in [-0.25, -0.2) is 14.4 Å². The van der Waals surface area contributed by atoms with Gasteiger partial charge in [-0.05, 0) is 23.8 Å². The lowest BCUT2D eigenvalue weighted by Crippen LogP contribution is -2.46. The average Bonchev–Trinajstić information content (AvgIpc) is 3.42. The number of benzene rings is 1. The van der Waals surface area contributed by atoms with Crippen LogP contribution in [0.5, 0.6) is 5.75 Å². The first-order valence-electron chi connectivity index (χ1n) is 10.6. The molecule has 1 amide bonds. The van der Waals surface area contributed by atoms with E-state index >= 15 is 0 Å². The number of halogens is 3. The number of fused-ring (bicyclic) bond motifs is 1. The molecule has 4 aromatic rings. The number of carbonyl (C=O) groups is 1. The minimum atomic E-state index is -2.98. The monoisotopic (exact) mass is 484 g/mol. The van der Waals surface area contributed by atoms with Crippen molar-refractivity contribution >= 4 is 16.9 Å². The topological polar surface area (TPSA) is 117 Å². The van der Waals surface area contributed by atoms with Crippen LogP contribution in [0.1, 0.15) is 10.4 Å². The Morgan fingerprint density at radius 1 is 1.17 bits per heavy atom. The molecule has 1 aliphatic heterocycles. The van der Waals surface area contributed by atoms with E-state index in [9.17, 15) is 18.0 Å². The van der Waals surface area contributed by atoms with Gasteiger partial charge in [-0.3, -0.25) is 14.3 Å². The Balaban J connectivity index is 1.60. The fourth-order valence-corrected chi connectivity index (χ4v) is 3.85. The van der Waals surface area contributed by atoms with Crippen LogP contribution in [0.3, 0.4) is 0 Å². The highest BCUT2D eigenvalue weighted by atomic mass is 19.3. The summed E-state index contributed by atoms with van der Waals surface area (Å²) in [5, 5.41) is 2.83. The summed E-state index contributed by atoms with van der Waals surface area (Å²) in [6.45, 7) is -2.31. The van der Waals surface area contributed by atoms with Crippen LogP contribution < -0.4 is 15.8 Å². The summed E-state index contributed by atoms with van der Waals surface area (Å²) in [5.41, 5.74) is 8.18. The molecule has 4 heterocycles. The third-order valence-electron chi connectivity index (χ3n) is 5.54. The number of alkyl halides is 2. The Morgan fingerprint density at radius 2 is 1.97 bits per heavy atom. The third kappa shape index (κ3) is 4.66. The zero-order valence-electron chi connectivity index (χ0n) is 18.1. The third-order valence-corrected chi connectivity index (χ3v) is 5.54. The quantitative estimate of drug-likeness (QED) is 0.432. The molecule has 0 saturated carbocycles. The molecule has 3 aromatic heterocycles. The Labute approximate surface area is 196 Å². The molecule has 1 fully saturated rings. The Bertz CT molecular complexity index is 1380. The smallest absolute Gasteiger partial charge is 0.387 e. The lowest BCUT2D eigenvalue weighted by molar-refractivity contribution is -0.0498. The maximum atomic E-state index is 13.4. The number of nitrogens with zero attached hydrogens (tertiary/aromatic N) is 4. The molecule has 1 saturated heterocycles. The molecule has 3 N–H and O–H groups in total. The minimum absolute atomic E-state index is 0.0254. The van der Waals surface area contributed by atoms with Crippen molar-refractivity contribution in [2.45, 2.75) is 18.7 Å². The molecule has 0 aliphatic carbocycles. The van der Waals surface area contributed by atoms with E-state index in [0.717, 1.165) is 12.4 Å². The van der Waals surface area contributed by atoms with Crippen molar-refractivity contribution in [1.29, 1.82) is 0 Å². The van der Waals surface area contributed by atoms with E-state index in [1.54, 1.807) is 29.0 Å². The van der Waals surface area contributed by atoms with E-state index in [0.29, 0.717) is 35.4 Å². The molecule has 2 atom stereocenters. The molecule has 5 rings (SSSR count). The van der Waals surface area contributed by atoms with Crippen molar-refractivity contribution in [3.63, 3.8) is 0 Å². The summed E-state index contributed by atoms with van der Waals surface area (Å²) in [5.74, 6) is -0.904. The fraction of sp³-hybridized carbons (Fsp3) is 0.217. The maximum Gasteiger partial charge on any atom is 0.387 e. The molecule has 1 aliphatic rings. The predicted octanol–water partition coefficient (Wildman–Crippen LogP) is 2.68. The Kier molecular flexibility index (Phi) is 6.05. The number of rotatable bonds is 6. The number of hydrogen-bond acceptors (Lipinski definition) is 7. The van der Waals surface area contributed by atoms with Gasteiger partial charge in [-0.2, -0.15) is 8.78 Å². The zero-order chi connectivity index (χ0) is 24.5. The molecule has 0 radical (unpaired) electrons. The molecular weight excluding hydrogens is 465 g/mol. The van der Waals surface area contributed by atoms with E-state index in [-0.39, 0.29) is 29.3 Å². The number of ether oxygens (including phenoxy) is 2. The second kappa shape index (κ2) is 9.31. The number of amides is 1. The van der Waals surface area contributed by atoms with Crippen LogP contribution in [0.25, 0.3) is 28.1 Å². The van der Waals surface area contributed by atoms with Crippen LogP contribution in [-0.2, 0) is 4.74 Å². The van der Waals surface area contributed by atoms with E-state index in [1.165, 1.54) is 18.3 Å². The summed E-state index contributed by atoms with van der Waals surface area (Å²) in [6, 6.07) is 7.06. The Hall–Kier alpha value is -4.03. The van der Waals surface area contributed by atoms with Gasteiger partial charge in [-0.1, -0.05) is 12.1 Å². The molecule has 9 nitrogen and oxygen atoms in total. The summed E-state index contributed by atoms with van der Waals surface area (Å²) in [4.78, 5) is 25.4. The first-order chi connectivity index (χ1) is 16.9. The fourth-order valence-electron chi connectivity index (χ4n) is 3.85. The second-order valence-corrected chi connectivity index (χ2v) is 7.89. The molecule has 12 heteroatoms. The number of pyridine rings is 1. The second-order valence-electron chi connectivity index (χ2n) is 7.89. The summed E-state index contributed by atoms with van der Waals surface area (Å²) < 4.78 is 50.2. The number of nitrogens with two attached hydrogens (primary N) is 1. The number of nitrogens with one attached hydrogen (secondary N) is 1. The van der Waals surface area contributed by atoms with Crippen LogP contribution in [0.15, 0.2) is 55.1 Å². The van der Waals surface area contributed by atoms with Crippen LogP contribution >= 0.6 is 0 Å². The highest BCUT2D eigenvalue weighted by molar-refractivity contribution is 6.00. The van der Waals surface area contributed by atoms with Gasteiger partial charge in [0, 0.05) is 18.0 Å². The molecule has 0 spiro atoms. The van der Waals surface area contributed by atoms with Crippen molar-refractivity contribution in [1.82, 2.24) is 24.8 Å². The summed E-state index contributed by atoms with van der Waals surface area (Å²) in [7, 11) is 0. The minimum Gasteiger partial charge on any atom is -0.435 e.